The molecule has 0 fully saturated rings. The van der Waals surface area contributed by atoms with Crippen molar-refractivity contribution in [3.05, 3.63) is 49.7 Å². The summed E-state index contributed by atoms with van der Waals surface area (Å²) in [4.78, 5) is 24.7. The third-order valence-corrected chi connectivity index (χ3v) is 4.60. The van der Waals surface area contributed by atoms with Crippen LogP contribution in [0.15, 0.2) is 35.7 Å². The number of hydrogen-bond acceptors (Lipinski definition) is 4. The van der Waals surface area contributed by atoms with Gasteiger partial charge in [0.05, 0.1) is 20.6 Å². The number of benzene rings is 1. The van der Waals surface area contributed by atoms with E-state index in [9.17, 15) is 9.59 Å². The molecule has 7 heteroatoms. The molecule has 1 heterocycles. The maximum atomic E-state index is 12.5. The van der Waals surface area contributed by atoms with E-state index in [4.69, 9.17) is 10.2 Å². The van der Waals surface area contributed by atoms with Crippen LogP contribution >= 0.6 is 33.9 Å². The number of hydrogen-bond donors (Lipinski definition) is 2. The van der Waals surface area contributed by atoms with Crippen LogP contribution in [-0.4, -0.2) is 35.2 Å². The molecule has 0 aliphatic carbocycles. The lowest BCUT2D eigenvalue weighted by molar-refractivity contribution is 0.0696. The Hall–Kier alpha value is -1.45. The molecule has 0 saturated carbocycles. The highest BCUT2D eigenvalue weighted by atomic mass is 127. The molecule has 0 atom stereocenters. The first kappa shape index (κ1) is 15.9. The van der Waals surface area contributed by atoms with E-state index in [0.29, 0.717) is 11.3 Å². The van der Waals surface area contributed by atoms with Gasteiger partial charge in [0.25, 0.3) is 5.91 Å². The number of thiophene rings is 1. The zero-order valence-electron chi connectivity index (χ0n) is 10.8. The molecule has 0 spiro atoms. The Balaban J connectivity index is 2.29. The van der Waals surface area contributed by atoms with Gasteiger partial charge in [-0.3, -0.25) is 4.79 Å². The van der Waals surface area contributed by atoms with Crippen molar-refractivity contribution in [3.8, 4) is 0 Å². The molecular formula is C14H12INO4S. The lowest BCUT2D eigenvalue weighted by Gasteiger charge is -2.21. The molecule has 5 nitrogen and oxygen atoms in total. The van der Waals surface area contributed by atoms with E-state index in [1.807, 2.05) is 0 Å². The lowest BCUT2D eigenvalue weighted by atomic mass is 10.2. The number of carbonyl (C=O) groups is 2. The van der Waals surface area contributed by atoms with Gasteiger partial charge in [-0.15, -0.1) is 11.3 Å². The summed E-state index contributed by atoms with van der Waals surface area (Å²) >= 11 is 3.61. The third-order valence-electron chi connectivity index (χ3n) is 2.81. The summed E-state index contributed by atoms with van der Waals surface area (Å²) in [6.07, 6.45) is 0. The van der Waals surface area contributed by atoms with Gasteiger partial charge in [0.15, 0.2) is 0 Å². The number of aromatic carboxylic acids is 1. The minimum Gasteiger partial charge on any atom is -0.478 e. The fourth-order valence-corrected chi connectivity index (χ4v) is 3.13. The van der Waals surface area contributed by atoms with Crippen LogP contribution < -0.4 is 4.90 Å². The van der Waals surface area contributed by atoms with Crippen LogP contribution in [0.1, 0.15) is 20.7 Å². The van der Waals surface area contributed by atoms with Gasteiger partial charge in [-0.2, -0.15) is 0 Å². The molecule has 0 unspecified atom stereocenters. The smallest absolute Gasteiger partial charge is 0.335 e. The molecule has 1 aromatic carbocycles. The van der Waals surface area contributed by atoms with E-state index in [0.717, 1.165) is 2.88 Å². The number of aliphatic hydroxyl groups excluding tert-OH is 1. The average Bonchev–Trinajstić information content (AvgIpc) is 2.91. The Morgan fingerprint density at radius 2 is 1.86 bits per heavy atom. The molecule has 2 N–H and O–H groups in total. The first-order valence-electron chi connectivity index (χ1n) is 6.03. The molecule has 0 bridgehead atoms. The second-order valence-corrected chi connectivity index (χ2v) is 6.98. The van der Waals surface area contributed by atoms with Crippen LogP contribution in [0.25, 0.3) is 0 Å². The van der Waals surface area contributed by atoms with Gasteiger partial charge >= 0.3 is 5.97 Å². The minimum atomic E-state index is -1.02. The Kier molecular flexibility index (Phi) is 5.32. The summed E-state index contributed by atoms with van der Waals surface area (Å²) in [5.41, 5.74) is 1.26. The number of carboxylic acid groups (broad SMARTS) is 1. The van der Waals surface area contributed by atoms with Gasteiger partial charge in [0, 0.05) is 17.6 Å². The van der Waals surface area contributed by atoms with Crippen molar-refractivity contribution in [2.75, 3.05) is 18.1 Å². The Labute approximate surface area is 139 Å². The molecule has 110 valence electrons. The predicted molar refractivity (Wildman–Crippen MR) is 89.2 cm³/mol. The molecule has 21 heavy (non-hydrogen) atoms. The largest absolute Gasteiger partial charge is 0.478 e. The third kappa shape index (κ3) is 3.80. The second-order valence-electron chi connectivity index (χ2n) is 4.17. The molecule has 1 aromatic heterocycles. The van der Waals surface area contributed by atoms with E-state index in [-0.39, 0.29) is 24.6 Å². The predicted octanol–water partition coefficient (Wildman–Crippen LogP) is 2.69. The fraction of sp³-hybridized carbons (Fsp3) is 0.143. The van der Waals surface area contributed by atoms with Gasteiger partial charge in [0.1, 0.15) is 0 Å². The molecule has 0 saturated heterocycles. The second kappa shape index (κ2) is 7.01. The summed E-state index contributed by atoms with van der Waals surface area (Å²) in [6.45, 7) is -0.0225. The molecule has 0 aliphatic heterocycles. The normalized spacial score (nSPS) is 10.4. The first-order chi connectivity index (χ1) is 10.0. The zero-order chi connectivity index (χ0) is 15.4. The SMILES string of the molecule is O=C(O)c1ccc(N(CCO)C(=O)c2csc(I)c2)cc1. The number of aliphatic hydroxyl groups is 1. The van der Waals surface area contributed by atoms with Crippen molar-refractivity contribution in [3.63, 3.8) is 0 Å². The van der Waals surface area contributed by atoms with Crippen molar-refractivity contribution in [1.82, 2.24) is 0 Å². The zero-order valence-corrected chi connectivity index (χ0v) is 13.8. The van der Waals surface area contributed by atoms with Crippen LogP contribution in [0.5, 0.6) is 0 Å². The molecular weight excluding hydrogens is 405 g/mol. The summed E-state index contributed by atoms with van der Waals surface area (Å²) in [5.74, 6) is -1.24. The highest BCUT2D eigenvalue weighted by Crippen LogP contribution is 2.22. The summed E-state index contributed by atoms with van der Waals surface area (Å²) in [6, 6.07) is 7.78. The number of halogens is 1. The van der Waals surface area contributed by atoms with Crippen LogP contribution in [0.3, 0.4) is 0 Å². The van der Waals surface area contributed by atoms with Crippen molar-refractivity contribution >= 4 is 51.5 Å². The number of anilines is 1. The number of carboxylic acids is 1. The number of carbonyl (C=O) groups excluding carboxylic acids is 1. The Morgan fingerprint density at radius 1 is 1.19 bits per heavy atom. The van der Waals surface area contributed by atoms with E-state index in [1.165, 1.54) is 28.4 Å². The highest BCUT2D eigenvalue weighted by Gasteiger charge is 2.18. The Morgan fingerprint density at radius 3 is 2.33 bits per heavy atom. The summed E-state index contributed by atoms with van der Waals surface area (Å²) in [5, 5.41) is 19.8. The van der Waals surface area contributed by atoms with Gasteiger partial charge in [-0.1, -0.05) is 0 Å². The number of amides is 1. The first-order valence-corrected chi connectivity index (χ1v) is 7.99. The number of nitrogens with zero attached hydrogens (tertiary/aromatic N) is 1. The van der Waals surface area contributed by atoms with Crippen molar-refractivity contribution in [1.29, 1.82) is 0 Å². The maximum absolute atomic E-state index is 12.5. The Bertz CT molecular complexity index is 653. The van der Waals surface area contributed by atoms with Gasteiger partial charge in [0.2, 0.25) is 0 Å². The van der Waals surface area contributed by atoms with Gasteiger partial charge in [-0.25, -0.2) is 4.79 Å². The molecule has 0 aliphatic rings. The number of rotatable bonds is 5. The van der Waals surface area contributed by atoms with Crippen LogP contribution in [0, 0.1) is 2.88 Å². The van der Waals surface area contributed by atoms with E-state index in [2.05, 4.69) is 22.6 Å². The quantitative estimate of drug-likeness (QED) is 0.734. The molecule has 2 rings (SSSR count). The lowest BCUT2D eigenvalue weighted by Crippen LogP contribution is -2.33. The van der Waals surface area contributed by atoms with Crippen molar-refractivity contribution < 1.29 is 19.8 Å². The topological polar surface area (TPSA) is 77.8 Å². The summed E-state index contributed by atoms with van der Waals surface area (Å²) < 4.78 is 1.00. The monoisotopic (exact) mass is 417 g/mol. The van der Waals surface area contributed by atoms with Crippen LogP contribution in [0.2, 0.25) is 0 Å². The standard InChI is InChI=1S/C14H12INO4S/c15-12-7-10(8-21-12)13(18)16(5-6-17)11-3-1-9(2-4-11)14(19)20/h1-4,7-8,17H,5-6H2,(H,19,20). The van der Waals surface area contributed by atoms with Crippen LogP contribution in [-0.2, 0) is 0 Å². The van der Waals surface area contributed by atoms with Crippen molar-refractivity contribution in [2.24, 2.45) is 0 Å². The van der Waals surface area contributed by atoms with E-state index in [1.54, 1.807) is 23.6 Å². The minimum absolute atomic E-state index is 0.150. The molecule has 2 aromatic rings. The average molecular weight is 417 g/mol. The van der Waals surface area contributed by atoms with Gasteiger partial charge < -0.3 is 15.1 Å². The highest BCUT2D eigenvalue weighted by molar-refractivity contribution is 14.1. The molecule has 0 radical (unpaired) electrons. The van der Waals surface area contributed by atoms with Crippen LogP contribution in [0.4, 0.5) is 5.69 Å². The van der Waals surface area contributed by atoms with E-state index >= 15 is 0 Å². The molecule has 1 amide bonds. The fourth-order valence-electron chi connectivity index (χ4n) is 1.81. The maximum Gasteiger partial charge on any atom is 0.335 e. The van der Waals surface area contributed by atoms with Gasteiger partial charge in [-0.05, 0) is 52.9 Å². The van der Waals surface area contributed by atoms with Crippen molar-refractivity contribution in [2.45, 2.75) is 0 Å². The summed E-state index contributed by atoms with van der Waals surface area (Å²) in [7, 11) is 0. The van der Waals surface area contributed by atoms with E-state index < -0.39 is 5.97 Å².